The van der Waals surface area contributed by atoms with Gasteiger partial charge in [-0.2, -0.15) is 0 Å². The highest BCUT2D eigenvalue weighted by Crippen LogP contribution is 2.49. The number of carbonyl (C=O) groups excluding carboxylic acids is 1. The molecule has 2 aromatic rings. The molecule has 2 saturated heterocycles. The number of hydrogen-bond donors (Lipinski definition) is 2. The van der Waals surface area contributed by atoms with E-state index in [1.807, 2.05) is 0 Å². The maximum Gasteiger partial charge on any atom is 0.230 e. The molecular weight excluding hydrogens is 363 g/mol. The molecule has 4 atom stereocenters. The number of ether oxygens (including phenoxy) is 1. The lowest BCUT2D eigenvalue weighted by Crippen LogP contribution is -2.36. The van der Waals surface area contributed by atoms with Crippen LogP contribution in [0.5, 0.6) is 0 Å². The van der Waals surface area contributed by atoms with Gasteiger partial charge in [-0.3, -0.25) is 4.79 Å². The normalized spacial score (nSPS) is 27.4. The molecule has 3 heterocycles. The zero-order valence-electron chi connectivity index (χ0n) is 13.2. The highest BCUT2D eigenvalue weighted by molar-refractivity contribution is 6.42. The van der Waals surface area contributed by atoms with Gasteiger partial charge < -0.3 is 15.8 Å². The summed E-state index contributed by atoms with van der Waals surface area (Å²) in [6, 6.07) is 5.01. The van der Waals surface area contributed by atoms with Crippen molar-refractivity contribution in [2.75, 3.05) is 11.1 Å². The Hall–Kier alpha value is -1.89. The van der Waals surface area contributed by atoms with Crippen LogP contribution in [0, 0.1) is 5.92 Å². The third kappa shape index (κ3) is 3.05. The number of hydrogen-bond acceptors (Lipinski definition) is 5. The summed E-state index contributed by atoms with van der Waals surface area (Å²) < 4.78 is 5.99. The largest absolute Gasteiger partial charge is 0.373 e. The lowest BCUT2D eigenvalue weighted by atomic mass is 9.75. The Labute approximate surface area is 154 Å². The van der Waals surface area contributed by atoms with Crippen molar-refractivity contribution < 1.29 is 9.53 Å². The molecule has 4 rings (SSSR count). The Morgan fingerprint density at radius 1 is 1.16 bits per heavy atom. The Balaban J connectivity index is 1.59. The summed E-state index contributed by atoms with van der Waals surface area (Å²) in [6.07, 6.45) is 5.05. The van der Waals surface area contributed by atoms with Crippen molar-refractivity contribution in [2.45, 2.75) is 31.0 Å². The number of nitrogens with one attached hydrogen (secondary N) is 1. The summed E-state index contributed by atoms with van der Waals surface area (Å²) in [5.74, 6) is -0.278. The maximum atomic E-state index is 12.9. The van der Waals surface area contributed by atoms with E-state index < -0.39 is 0 Å². The number of nitrogens with two attached hydrogens (primary N) is 1. The minimum absolute atomic E-state index is 0.00165. The zero-order chi connectivity index (χ0) is 17.6. The standard InChI is InChI=1S/C17H16Cl2N4O2/c18-10-2-1-9(5-11(10)19)23-16(24)15-13-4-3-12(25-13)14(15)8-6-21-17(20)22-7-8/h1-2,5-7,12-15H,3-4H2,(H,23,24)(H2,20,21,22)/t12-,13+,14-,15+/m0/s1. The van der Waals surface area contributed by atoms with E-state index in [1.54, 1.807) is 30.6 Å². The van der Waals surface area contributed by atoms with E-state index in [1.165, 1.54) is 0 Å². The van der Waals surface area contributed by atoms with Crippen LogP contribution in [0.15, 0.2) is 30.6 Å². The van der Waals surface area contributed by atoms with Crippen LogP contribution in [-0.4, -0.2) is 28.1 Å². The number of benzene rings is 1. The van der Waals surface area contributed by atoms with Gasteiger partial charge in [0.05, 0.1) is 28.2 Å². The molecular formula is C17H16Cl2N4O2. The molecule has 1 amide bonds. The van der Waals surface area contributed by atoms with Crippen molar-refractivity contribution in [3.63, 3.8) is 0 Å². The van der Waals surface area contributed by atoms with Gasteiger partial charge in [0.1, 0.15) is 0 Å². The topological polar surface area (TPSA) is 90.1 Å². The smallest absolute Gasteiger partial charge is 0.230 e. The SMILES string of the molecule is Nc1ncc([C@@H]2[C@H](C(=O)Nc3ccc(Cl)c(Cl)c3)[C@H]3CC[C@@H]2O3)cn1. The molecule has 2 aliphatic heterocycles. The number of fused-ring (bicyclic) bond motifs is 2. The first-order valence-electron chi connectivity index (χ1n) is 8.02. The van der Waals surface area contributed by atoms with E-state index >= 15 is 0 Å². The van der Waals surface area contributed by atoms with E-state index in [-0.39, 0.29) is 35.9 Å². The van der Waals surface area contributed by atoms with Crippen molar-refractivity contribution in [3.05, 3.63) is 46.2 Å². The highest BCUT2D eigenvalue weighted by atomic mass is 35.5. The molecule has 2 bridgehead atoms. The molecule has 8 heteroatoms. The molecule has 0 saturated carbocycles. The molecule has 0 spiro atoms. The zero-order valence-corrected chi connectivity index (χ0v) is 14.7. The Morgan fingerprint density at radius 2 is 1.88 bits per heavy atom. The number of aromatic nitrogens is 2. The van der Waals surface area contributed by atoms with Crippen LogP contribution < -0.4 is 11.1 Å². The second-order valence-corrected chi connectivity index (χ2v) is 7.15. The molecule has 1 aromatic carbocycles. The van der Waals surface area contributed by atoms with Crippen LogP contribution in [0.4, 0.5) is 11.6 Å². The quantitative estimate of drug-likeness (QED) is 0.854. The Morgan fingerprint density at radius 3 is 2.60 bits per heavy atom. The summed E-state index contributed by atoms with van der Waals surface area (Å²) in [5, 5.41) is 3.76. The molecule has 2 fully saturated rings. The first-order valence-corrected chi connectivity index (χ1v) is 8.77. The average Bonchev–Trinajstić information content (AvgIpc) is 3.20. The molecule has 0 radical (unpaired) electrons. The van der Waals surface area contributed by atoms with E-state index in [9.17, 15) is 4.79 Å². The lowest BCUT2D eigenvalue weighted by Gasteiger charge is -2.27. The lowest BCUT2D eigenvalue weighted by molar-refractivity contribution is -0.121. The van der Waals surface area contributed by atoms with Crippen LogP contribution in [0.2, 0.25) is 10.0 Å². The van der Waals surface area contributed by atoms with E-state index in [0.29, 0.717) is 15.7 Å². The van der Waals surface area contributed by atoms with Crippen molar-refractivity contribution in [2.24, 2.45) is 5.92 Å². The van der Waals surface area contributed by atoms with Crippen LogP contribution in [0.25, 0.3) is 0 Å². The molecule has 6 nitrogen and oxygen atoms in total. The van der Waals surface area contributed by atoms with Gasteiger partial charge in [0.2, 0.25) is 11.9 Å². The number of carbonyl (C=O) groups is 1. The number of nitrogen functional groups attached to an aromatic ring is 1. The van der Waals surface area contributed by atoms with Gasteiger partial charge in [-0.1, -0.05) is 23.2 Å². The number of anilines is 2. The second kappa shape index (κ2) is 6.44. The first-order chi connectivity index (χ1) is 12.0. The van der Waals surface area contributed by atoms with Gasteiger partial charge in [-0.05, 0) is 36.6 Å². The van der Waals surface area contributed by atoms with Gasteiger partial charge >= 0.3 is 0 Å². The number of amides is 1. The summed E-state index contributed by atoms with van der Waals surface area (Å²) in [6.45, 7) is 0. The molecule has 1 aromatic heterocycles. The third-order valence-electron chi connectivity index (χ3n) is 4.84. The fraction of sp³-hybridized carbons (Fsp3) is 0.353. The summed E-state index contributed by atoms with van der Waals surface area (Å²) >= 11 is 11.9. The van der Waals surface area contributed by atoms with Crippen molar-refractivity contribution in [3.8, 4) is 0 Å². The number of halogens is 2. The first kappa shape index (κ1) is 16.6. The minimum Gasteiger partial charge on any atom is -0.373 e. The second-order valence-electron chi connectivity index (χ2n) is 6.33. The van der Waals surface area contributed by atoms with E-state index in [4.69, 9.17) is 33.7 Å². The number of rotatable bonds is 3. The molecule has 3 N–H and O–H groups in total. The van der Waals surface area contributed by atoms with Crippen molar-refractivity contribution >= 4 is 40.7 Å². The highest BCUT2D eigenvalue weighted by Gasteiger charge is 2.53. The van der Waals surface area contributed by atoms with Gasteiger partial charge in [0.15, 0.2) is 0 Å². The molecule has 0 unspecified atom stereocenters. The predicted molar refractivity (Wildman–Crippen MR) is 95.7 cm³/mol. The Bertz CT molecular complexity index is 815. The third-order valence-corrected chi connectivity index (χ3v) is 5.58. The van der Waals surface area contributed by atoms with E-state index in [2.05, 4.69) is 15.3 Å². The van der Waals surface area contributed by atoms with E-state index in [0.717, 1.165) is 18.4 Å². The van der Waals surface area contributed by atoms with Crippen LogP contribution >= 0.6 is 23.2 Å². The van der Waals surface area contributed by atoms with Gasteiger partial charge in [-0.25, -0.2) is 9.97 Å². The molecule has 0 aliphatic carbocycles. The van der Waals surface area contributed by atoms with Crippen LogP contribution in [0.1, 0.15) is 24.3 Å². The monoisotopic (exact) mass is 378 g/mol. The number of nitrogens with zero attached hydrogens (tertiary/aromatic N) is 2. The molecule has 25 heavy (non-hydrogen) atoms. The molecule has 2 aliphatic rings. The average molecular weight is 379 g/mol. The van der Waals surface area contributed by atoms with Crippen molar-refractivity contribution in [1.82, 2.24) is 9.97 Å². The van der Waals surface area contributed by atoms with Gasteiger partial charge in [0.25, 0.3) is 0 Å². The van der Waals surface area contributed by atoms with Crippen molar-refractivity contribution in [1.29, 1.82) is 0 Å². The minimum atomic E-state index is -0.305. The molecule has 130 valence electrons. The maximum absolute atomic E-state index is 12.9. The Kier molecular flexibility index (Phi) is 4.27. The van der Waals surface area contributed by atoms with Crippen LogP contribution in [0.3, 0.4) is 0 Å². The van der Waals surface area contributed by atoms with Crippen LogP contribution in [-0.2, 0) is 9.53 Å². The van der Waals surface area contributed by atoms with Gasteiger partial charge in [0, 0.05) is 24.0 Å². The predicted octanol–water partition coefficient (Wildman–Crippen LogP) is 3.27. The summed E-state index contributed by atoms with van der Waals surface area (Å²) in [7, 11) is 0. The van der Waals surface area contributed by atoms with Gasteiger partial charge in [-0.15, -0.1) is 0 Å². The fourth-order valence-corrected chi connectivity index (χ4v) is 4.05. The fourth-order valence-electron chi connectivity index (χ4n) is 3.75. The summed E-state index contributed by atoms with van der Waals surface area (Å²) in [4.78, 5) is 21.0. The summed E-state index contributed by atoms with van der Waals surface area (Å²) in [5.41, 5.74) is 7.05.